The van der Waals surface area contributed by atoms with Gasteiger partial charge >= 0.3 is 0 Å². The van der Waals surface area contributed by atoms with Crippen molar-refractivity contribution in [2.24, 2.45) is 7.05 Å². The van der Waals surface area contributed by atoms with Gasteiger partial charge < -0.3 is 9.80 Å². The highest BCUT2D eigenvalue weighted by molar-refractivity contribution is 6.30. The van der Waals surface area contributed by atoms with Crippen LogP contribution in [-0.2, 0) is 11.8 Å². The molecule has 0 radical (unpaired) electrons. The molecular weight excluding hydrogens is 315 g/mol. The molecule has 1 saturated heterocycles. The van der Waals surface area contributed by atoms with E-state index in [1.54, 1.807) is 40.8 Å². The molecule has 1 aromatic rings. The Labute approximate surface area is 135 Å². The average molecular weight is 335 g/mol. The third-order valence-corrected chi connectivity index (χ3v) is 3.68. The molecule has 8 heteroatoms. The number of carbonyl (C=O) groups excluding carboxylic acids is 2. The van der Waals surface area contributed by atoms with Crippen LogP contribution in [0.3, 0.4) is 0 Å². The minimum Gasteiger partial charge on any atom is -0.338 e. The van der Waals surface area contributed by atoms with Crippen LogP contribution >= 0.6 is 24.0 Å². The van der Waals surface area contributed by atoms with Crippen molar-refractivity contribution in [2.45, 2.75) is 25.3 Å². The molecule has 0 aliphatic carbocycles. The van der Waals surface area contributed by atoms with Crippen LogP contribution in [0.1, 0.15) is 24.2 Å². The standard InChI is InChI=1S/C13H19ClN4O2.ClH/c1-9-7-17(12(19)10(2)14)4-5-18(9)13(20)11-6-15-16(3)8-11;/h6,8-10H,4-5,7H2,1-3H3;1H/t9-,10?;/m0./s1. The predicted octanol–water partition coefficient (Wildman–Crippen LogP) is 1.14. The molecule has 2 amide bonds. The van der Waals surface area contributed by atoms with E-state index < -0.39 is 5.38 Å². The van der Waals surface area contributed by atoms with E-state index in [4.69, 9.17) is 11.6 Å². The van der Waals surface area contributed by atoms with Gasteiger partial charge in [0.1, 0.15) is 5.38 Å². The van der Waals surface area contributed by atoms with Crippen LogP contribution in [0.2, 0.25) is 0 Å². The van der Waals surface area contributed by atoms with E-state index in [0.717, 1.165) is 0 Å². The van der Waals surface area contributed by atoms with E-state index in [9.17, 15) is 9.59 Å². The third-order valence-electron chi connectivity index (χ3n) is 3.49. The van der Waals surface area contributed by atoms with Crippen molar-refractivity contribution in [1.82, 2.24) is 19.6 Å². The predicted molar refractivity (Wildman–Crippen MR) is 82.8 cm³/mol. The summed E-state index contributed by atoms with van der Waals surface area (Å²) in [6.07, 6.45) is 3.26. The van der Waals surface area contributed by atoms with Crippen molar-refractivity contribution in [3.8, 4) is 0 Å². The highest BCUT2D eigenvalue weighted by atomic mass is 35.5. The molecule has 1 aliphatic rings. The quantitative estimate of drug-likeness (QED) is 0.762. The molecule has 1 aliphatic heterocycles. The number of piperazine rings is 1. The van der Waals surface area contributed by atoms with Gasteiger partial charge in [-0.05, 0) is 13.8 Å². The number of halogens is 2. The lowest BCUT2D eigenvalue weighted by atomic mass is 10.1. The van der Waals surface area contributed by atoms with Gasteiger partial charge in [0.15, 0.2) is 0 Å². The van der Waals surface area contributed by atoms with Gasteiger partial charge in [-0.3, -0.25) is 14.3 Å². The minimum absolute atomic E-state index is 0. The smallest absolute Gasteiger partial charge is 0.257 e. The lowest BCUT2D eigenvalue weighted by molar-refractivity contribution is -0.132. The highest BCUT2D eigenvalue weighted by Gasteiger charge is 2.31. The van der Waals surface area contributed by atoms with E-state index in [-0.39, 0.29) is 30.3 Å². The zero-order valence-electron chi connectivity index (χ0n) is 12.3. The molecule has 2 heterocycles. The van der Waals surface area contributed by atoms with Gasteiger partial charge in [-0.15, -0.1) is 24.0 Å². The van der Waals surface area contributed by atoms with Crippen LogP contribution in [0.5, 0.6) is 0 Å². The highest BCUT2D eigenvalue weighted by Crippen LogP contribution is 2.15. The molecule has 2 atom stereocenters. The second-order valence-corrected chi connectivity index (χ2v) is 5.81. The second-order valence-electron chi connectivity index (χ2n) is 5.15. The Hall–Kier alpha value is -1.27. The Morgan fingerprint density at radius 2 is 2.10 bits per heavy atom. The molecule has 1 unspecified atom stereocenters. The van der Waals surface area contributed by atoms with Crippen molar-refractivity contribution in [3.05, 3.63) is 18.0 Å². The molecule has 0 spiro atoms. The molecule has 0 saturated carbocycles. The lowest BCUT2D eigenvalue weighted by Gasteiger charge is -2.40. The summed E-state index contributed by atoms with van der Waals surface area (Å²) in [5.74, 6) is -0.122. The first kappa shape index (κ1) is 17.8. The van der Waals surface area contributed by atoms with E-state index >= 15 is 0 Å². The van der Waals surface area contributed by atoms with Gasteiger partial charge in [0.05, 0.1) is 11.8 Å². The average Bonchev–Trinajstić information content (AvgIpc) is 2.83. The first-order chi connectivity index (χ1) is 9.40. The van der Waals surface area contributed by atoms with Crippen molar-refractivity contribution >= 4 is 35.8 Å². The normalized spacial score (nSPS) is 19.9. The van der Waals surface area contributed by atoms with Gasteiger partial charge in [-0.2, -0.15) is 5.10 Å². The van der Waals surface area contributed by atoms with Crippen molar-refractivity contribution in [1.29, 1.82) is 0 Å². The largest absolute Gasteiger partial charge is 0.338 e. The molecule has 1 aromatic heterocycles. The zero-order valence-corrected chi connectivity index (χ0v) is 13.9. The van der Waals surface area contributed by atoms with Gasteiger partial charge in [-0.1, -0.05) is 0 Å². The number of hydrogen-bond acceptors (Lipinski definition) is 3. The summed E-state index contributed by atoms with van der Waals surface area (Å²) in [4.78, 5) is 27.7. The fourth-order valence-electron chi connectivity index (χ4n) is 2.41. The summed E-state index contributed by atoms with van der Waals surface area (Å²) >= 11 is 5.82. The lowest BCUT2D eigenvalue weighted by Crippen LogP contribution is -2.56. The van der Waals surface area contributed by atoms with Crippen LogP contribution in [0, 0.1) is 0 Å². The second kappa shape index (κ2) is 7.13. The maximum Gasteiger partial charge on any atom is 0.257 e. The number of rotatable bonds is 2. The number of nitrogens with zero attached hydrogens (tertiary/aromatic N) is 4. The molecule has 21 heavy (non-hydrogen) atoms. The monoisotopic (exact) mass is 334 g/mol. The van der Waals surface area contributed by atoms with E-state index in [2.05, 4.69) is 5.10 Å². The number of aromatic nitrogens is 2. The third kappa shape index (κ3) is 3.89. The van der Waals surface area contributed by atoms with Gasteiger partial charge in [0.2, 0.25) is 5.91 Å². The Kier molecular flexibility index (Phi) is 6.04. The molecule has 0 bridgehead atoms. The molecule has 2 rings (SSSR count). The number of aryl methyl sites for hydroxylation is 1. The molecule has 0 aromatic carbocycles. The molecule has 118 valence electrons. The first-order valence-electron chi connectivity index (χ1n) is 6.62. The van der Waals surface area contributed by atoms with Gasteiger partial charge in [0.25, 0.3) is 5.91 Å². The maximum absolute atomic E-state index is 12.4. The maximum atomic E-state index is 12.4. The Morgan fingerprint density at radius 1 is 1.43 bits per heavy atom. The fraction of sp³-hybridized carbons (Fsp3) is 0.615. The minimum atomic E-state index is -0.525. The van der Waals surface area contributed by atoms with Gasteiger partial charge in [0, 0.05) is 38.9 Å². The summed E-state index contributed by atoms with van der Waals surface area (Å²) < 4.78 is 1.60. The van der Waals surface area contributed by atoms with E-state index in [1.807, 2.05) is 6.92 Å². The van der Waals surface area contributed by atoms with Crippen LogP contribution < -0.4 is 0 Å². The number of hydrogen-bond donors (Lipinski definition) is 0. The Bertz CT molecular complexity index is 518. The Morgan fingerprint density at radius 3 is 2.57 bits per heavy atom. The summed E-state index contributed by atoms with van der Waals surface area (Å²) in [6, 6.07) is -0.0316. The molecule has 0 N–H and O–H groups in total. The molecular formula is C13H20Cl2N4O2. The van der Waals surface area contributed by atoms with Crippen LogP contribution in [0.15, 0.2) is 12.4 Å². The van der Waals surface area contributed by atoms with Crippen LogP contribution in [-0.4, -0.2) is 62.4 Å². The fourth-order valence-corrected chi connectivity index (χ4v) is 2.55. The van der Waals surface area contributed by atoms with Crippen molar-refractivity contribution < 1.29 is 9.59 Å². The van der Waals surface area contributed by atoms with E-state index in [0.29, 0.717) is 25.2 Å². The molecule has 1 fully saturated rings. The zero-order chi connectivity index (χ0) is 14.9. The van der Waals surface area contributed by atoms with Crippen molar-refractivity contribution in [2.75, 3.05) is 19.6 Å². The Balaban J connectivity index is 0.00000220. The first-order valence-corrected chi connectivity index (χ1v) is 7.06. The number of alkyl halides is 1. The summed E-state index contributed by atoms with van der Waals surface area (Å²) in [5, 5.41) is 3.49. The van der Waals surface area contributed by atoms with Gasteiger partial charge in [-0.25, -0.2) is 0 Å². The van der Waals surface area contributed by atoms with Crippen molar-refractivity contribution in [3.63, 3.8) is 0 Å². The van der Waals surface area contributed by atoms with Crippen LogP contribution in [0.4, 0.5) is 0 Å². The SMILES string of the molecule is CC(Cl)C(=O)N1CCN(C(=O)c2cnn(C)c2)[C@@H](C)C1.Cl. The number of carbonyl (C=O) groups is 2. The van der Waals surface area contributed by atoms with Crippen LogP contribution in [0.25, 0.3) is 0 Å². The summed E-state index contributed by atoms with van der Waals surface area (Å²) in [7, 11) is 1.78. The summed E-state index contributed by atoms with van der Waals surface area (Å²) in [6.45, 7) is 5.16. The van der Waals surface area contributed by atoms with E-state index in [1.165, 1.54) is 0 Å². The molecule has 6 nitrogen and oxygen atoms in total. The summed E-state index contributed by atoms with van der Waals surface area (Å²) in [5.41, 5.74) is 0.574. The topological polar surface area (TPSA) is 58.4 Å². The number of amides is 2.